The fourth-order valence-corrected chi connectivity index (χ4v) is 0.690. The van der Waals surface area contributed by atoms with Gasteiger partial charge in [-0.25, -0.2) is 9.90 Å². The van der Waals surface area contributed by atoms with Gasteiger partial charge in [-0.3, -0.25) is 4.79 Å². The highest BCUT2D eigenvalue weighted by atomic mass is 16.6. The van der Waals surface area contributed by atoms with Gasteiger partial charge in [0.15, 0.2) is 0 Å². The van der Waals surface area contributed by atoms with Crippen LogP contribution in [0.3, 0.4) is 0 Å². The topological polar surface area (TPSA) is 72.5 Å². The Morgan fingerprint density at radius 2 is 1.69 bits per heavy atom. The van der Waals surface area contributed by atoms with Crippen LogP contribution in [-0.4, -0.2) is 31.3 Å². The molecule has 0 aliphatic rings. The first kappa shape index (κ1) is 11.9. The Balaban J connectivity index is 3.78. The summed E-state index contributed by atoms with van der Waals surface area (Å²) in [6.07, 6.45) is -2.13. The molecule has 13 heavy (non-hydrogen) atoms. The van der Waals surface area contributed by atoms with Gasteiger partial charge in [-0.1, -0.05) is 0 Å². The predicted molar refractivity (Wildman–Crippen MR) is 42.4 cm³/mol. The Hall–Kier alpha value is -1.10. The van der Waals surface area contributed by atoms with Crippen molar-refractivity contribution in [2.75, 3.05) is 13.2 Å². The molecule has 5 nitrogen and oxygen atoms in total. The van der Waals surface area contributed by atoms with Gasteiger partial charge in [-0.05, 0) is 13.8 Å². The van der Waals surface area contributed by atoms with Gasteiger partial charge in [-0.15, -0.1) is 0 Å². The van der Waals surface area contributed by atoms with Crippen LogP contribution in [0.25, 0.3) is 0 Å². The molecule has 75 valence electrons. The third-order valence-corrected chi connectivity index (χ3v) is 1.21. The maximum Gasteiger partial charge on any atom is 0.339 e. The lowest BCUT2D eigenvalue weighted by molar-refractivity contribution is -0.163. The number of hydrogen-bond donors (Lipinski definition) is 0. The molecule has 0 aromatic rings. The van der Waals surface area contributed by atoms with Crippen LogP contribution in [0, 0.1) is 0 Å². The number of ether oxygens (including phenoxy) is 2. The van der Waals surface area contributed by atoms with Crippen LogP contribution >= 0.6 is 0 Å². The fraction of sp³-hybridized carbons (Fsp3) is 0.750. The summed E-state index contributed by atoms with van der Waals surface area (Å²) in [5.74, 6) is -1.58. The Bertz CT molecular complexity index is 177. The number of carbonyl (C=O) groups excluding carboxylic acids is 2. The Kier molecular flexibility index (Phi) is 5.88. The highest BCUT2D eigenvalue weighted by molar-refractivity contribution is 5.81. The van der Waals surface area contributed by atoms with E-state index in [0.717, 1.165) is 0 Å². The monoisotopic (exact) mass is 189 g/mol. The molecule has 5 heteroatoms. The van der Waals surface area contributed by atoms with Crippen molar-refractivity contribution in [3.63, 3.8) is 0 Å². The van der Waals surface area contributed by atoms with Crippen molar-refractivity contribution in [1.82, 2.24) is 0 Å². The summed E-state index contributed by atoms with van der Waals surface area (Å²) in [5, 5.41) is 10.9. The van der Waals surface area contributed by atoms with Crippen molar-refractivity contribution in [1.29, 1.82) is 0 Å². The minimum absolute atomic E-state index is 0.139. The zero-order valence-electron chi connectivity index (χ0n) is 7.74. The highest BCUT2D eigenvalue weighted by Gasteiger charge is 2.22. The lowest BCUT2D eigenvalue weighted by atomic mass is 10.2. The van der Waals surface area contributed by atoms with Crippen molar-refractivity contribution in [2.45, 2.75) is 26.4 Å². The molecule has 1 atom stereocenters. The van der Waals surface area contributed by atoms with Crippen LogP contribution in [0.5, 0.6) is 0 Å². The van der Waals surface area contributed by atoms with Crippen LogP contribution in [-0.2, 0) is 24.2 Å². The van der Waals surface area contributed by atoms with Crippen LogP contribution < -0.4 is 0 Å². The first-order valence-electron chi connectivity index (χ1n) is 4.09. The second-order valence-corrected chi connectivity index (χ2v) is 2.25. The van der Waals surface area contributed by atoms with Crippen molar-refractivity contribution < 1.29 is 24.2 Å². The van der Waals surface area contributed by atoms with Crippen molar-refractivity contribution in [2.24, 2.45) is 0 Å². The van der Waals surface area contributed by atoms with Gasteiger partial charge in [0.25, 0.3) is 0 Å². The van der Waals surface area contributed by atoms with Gasteiger partial charge >= 0.3 is 11.9 Å². The van der Waals surface area contributed by atoms with E-state index in [0.29, 0.717) is 0 Å². The number of esters is 2. The molecule has 1 radical (unpaired) electrons. The molecule has 0 aliphatic carbocycles. The molecule has 0 aromatic heterocycles. The third kappa shape index (κ3) is 5.19. The molecular weight excluding hydrogens is 176 g/mol. The van der Waals surface area contributed by atoms with Crippen molar-refractivity contribution in [3.05, 3.63) is 0 Å². The molecule has 0 fully saturated rings. The highest BCUT2D eigenvalue weighted by Crippen LogP contribution is 1.98. The molecule has 0 rings (SSSR count). The van der Waals surface area contributed by atoms with E-state index in [1.165, 1.54) is 0 Å². The normalized spacial score (nSPS) is 11.9. The van der Waals surface area contributed by atoms with E-state index in [2.05, 4.69) is 9.47 Å². The molecule has 0 saturated carbocycles. The van der Waals surface area contributed by atoms with Gasteiger partial charge in [0.05, 0.1) is 19.6 Å². The van der Waals surface area contributed by atoms with E-state index in [1.807, 2.05) is 0 Å². The Morgan fingerprint density at radius 1 is 1.15 bits per heavy atom. The van der Waals surface area contributed by atoms with E-state index < -0.39 is 24.5 Å². The summed E-state index contributed by atoms with van der Waals surface area (Å²) >= 11 is 0. The van der Waals surface area contributed by atoms with E-state index in [9.17, 15) is 14.7 Å². The van der Waals surface area contributed by atoms with Gasteiger partial charge in [0, 0.05) is 0 Å². The minimum Gasteiger partial charge on any atom is -0.466 e. The maximum absolute atomic E-state index is 10.9. The van der Waals surface area contributed by atoms with Crippen molar-refractivity contribution >= 4 is 11.9 Å². The fourth-order valence-electron chi connectivity index (χ4n) is 0.690. The summed E-state index contributed by atoms with van der Waals surface area (Å²) in [4.78, 5) is 21.5. The molecule has 0 saturated heterocycles. The third-order valence-electron chi connectivity index (χ3n) is 1.21. The number of carbonyl (C=O) groups is 2. The van der Waals surface area contributed by atoms with E-state index in [4.69, 9.17) is 0 Å². The summed E-state index contributed by atoms with van der Waals surface area (Å²) in [6, 6.07) is 0. The second kappa shape index (κ2) is 6.42. The number of hydrogen-bond acceptors (Lipinski definition) is 4. The van der Waals surface area contributed by atoms with Crippen LogP contribution in [0.2, 0.25) is 0 Å². The van der Waals surface area contributed by atoms with Gasteiger partial charge in [0.2, 0.25) is 6.10 Å². The lowest BCUT2D eigenvalue weighted by Crippen LogP contribution is -2.25. The first-order chi connectivity index (χ1) is 6.11. The first-order valence-corrected chi connectivity index (χ1v) is 4.09. The minimum atomic E-state index is -1.67. The quantitative estimate of drug-likeness (QED) is 0.583. The van der Waals surface area contributed by atoms with Crippen LogP contribution in [0.1, 0.15) is 20.3 Å². The molecule has 0 spiro atoms. The SMILES string of the molecule is CCOC(=O)CC([O])C(=O)OCC. The average molecular weight is 189 g/mol. The zero-order chi connectivity index (χ0) is 10.3. The summed E-state index contributed by atoms with van der Waals surface area (Å²) in [7, 11) is 0. The second-order valence-electron chi connectivity index (χ2n) is 2.25. The van der Waals surface area contributed by atoms with E-state index in [-0.39, 0.29) is 13.2 Å². The van der Waals surface area contributed by atoms with E-state index >= 15 is 0 Å². The van der Waals surface area contributed by atoms with Crippen LogP contribution in [0.4, 0.5) is 0 Å². The van der Waals surface area contributed by atoms with Gasteiger partial charge in [-0.2, -0.15) is 0 Å². The largest absolute Gasteiger partial charge is 0.466 e. The van der Waals surface area contributed by atoms with Gasteiger partial charge in [0.1, 0.15) is 0 Å². The molecule has 0 aliphatic heterocycles. The number of rotatable bonds is 5. The Labute approximate surface area is 76.6 Å². The molecule has 0 bridgehead atoms. The molecule has 0 aromatic carbocycles. The molecular formula is C8H13O5. The van der Waals surface area contributed by atoms with Crippen molar-refractivity contribution in [3.8, 4) is 0 Å². The summed E-state index contributed by atoms with van der Waals surface area (Å²) < 4.78 is 8.92. The summed E-state index contributed by atoms with van der Waals surface area (Å²) in [6.45, 7) is 3.56. The molecule has 1 unspecified atom stereocenters. The molecule has 0 heterocycles. The van der Waals surface area contributed by atoms with E-state index in [1.54, 1.807) is 13.8 Å². The van der Waals surface area contributed by atoms with Gasteiger partial charge < -0.3 is 9.47 Å². The zero-order valence-corrected chi connectivity index (χ0v) is 7.74. The Morgan fingerprint density at radius 3 is 2.15 bits per heavy atom. The molecule has 0 N–H and O–H groups in total. The predicted octanol–water partition coefficient (Wildman–Crippen LogP) is 0.302. The average Bonchev–Trinajstić information content (AvgIpc) is 2.05. The van der Waals surface area contributed by atoms with Crippen LogP contribution in [0.15, 0.2) is 0 Å². The summed E-state index contributed by atoms with van der Waals surface area (Å²) in [5.41, 5.74) is 0. The smallest absolute Gasteiger partial charge is 0.339 e. The maximum atomic E-state index is 10.9. The standard InChI is InChI=1S/C8H13O5/c1-3-12-7(10)5-6(9)8(11)13-4-2/h6H,3-5H2,1-2H3. The lowest BCUT2D eigenvalue weighted by Gasteiger charge is -2.06. The molecule has 0 amide bonds.